The number of nitrogens with one attached hydrogen (secondary N) is 1. The fraction of sp³-hybridized carbons (Fsp3) is 0.417. The monoisotopic (exact) mass is 413 g/mol. The minimum atomic E-state index is -0.847. The summed E-state index contributed by atoms with van der Waals surface area (Å²) < 4.78 is 15.8. The molecule has 1 amide bonds. The lowest BCUT2D eigenvalue weighted by atomic mass is 9.92. The number of ether oxygens (including phenoxy) is 3. The van der Waals surface area contributed by atoms with Crippen molar-refractivity contribution < 1.29 is 23.8 Å². The normalized spacial score (nSPS) is 11.9. The molecule has 1 N–H and O–H groups in total. The van der Waals surface area contributed by atoms with Crippen LogP contribution < -0.4 is 14.8 Å². The van der Waals surface area contributed by atoms with Gasteiger partial charge in [-0.1, -0.05) is 45.9 Å². The van der Waals surface area contributed by atoms with Crippen LogP contribution >= 0.6 is 0 Å². The van der Waals surface area contributed by atoms with Gasteiger partial charge in [0.25, 0.3) is 5.91 Å². The Hall–Kier alpha value is -3.02. The van der Waals surface area contributed by atoms with Crippen LogP contribution in [0, 0.1) is 0 Å². The number of benzene rings is 2. The maximum atomic E-state index is 12.5. The first-order valence-electron chi connectivity index (χ1n) is 10.1. The highest BCUT2D eigenvalue weighted by molar-refractivity contribution is 5.94. The molecular weight excluding hydrogens is 382 g/mol. The van der Waals surface area contributed by atoms with E-state index in [9.17, 15) is 9.59 Å². The van der Waals surface area contributed by atoms with Gasteiger partial charge in [0.1, 0.15) is 11.5 Å². The smallest absolute Gasteiger partial charge is 0.347 e. The molecule has 2 rings (SSSR count). The number of esters is 1. The highest BCUT2D eigenvalue weighted by atomic mass is 16.6. The Bertz CT molecular complexity index is 832. The van der Waals surface area contributed by atoms with Crippen molar-refractivity contribution in [2.45, 2.75) is 52.6 Å². The van der Waals surface area contributed by atoms with Crippen LogP contribution in [-0.4, -0.2) is 31.7 Å². The Morgan fingerprint density at radius 3 is 1.90 bits per heavy atom. The van der Waals surface area contributed by atoms with Crippen LogP contribution in [0.15, 0.2) is 42.5 Å². The second-order valence-corrected chi connectivity index (χ2v) is 7.71. The average Bonchev–Trinajstić information content (AvgIpc) is 2.72. The van der Waals surface area contributed by atoms with Crippen LogP contribution in [0.25, 0.3) is 0 Å². The Morgan fingerprint density at radius 2 is 1.40 bits per heavy atom. The molecule has 1 atom stereocenters. The van der Waals surface area contributed by atoms with Crippen molar-refractivity contribution >= 4 is 17.6 Å². The van der Waals surface area contributed by atoms with Gasteiger partial charge in [0.15, 0.2) is 12.7 Å². The summed E-state index contributed by atoms with van der Waals surface area (Å²) in [6.07, 6.45) is -0.847. The van der Waals surface area contributed by atoms with Crippen LogP contribution in [0.5, 0.6) is 11.5 Å². The molecule has 0 aromatic heterocycles. The summed E-state index contributed by atoms with van der Waals surface area (Å²) in [7, 11) is 1.57. The summed E-state index contributed by atoms with van der Waals surface area (Å²) >= 11 is 0. The zero-order valence-electron chi connectivity index (χ0n) is 18.5. The molecule has 0 spiro atoms. The van der Waals surface area contributed by atoms with E-state index in [-0.39, 0.29) is 24.3 Å². The van der Waals surface area contributed by atoms with Gasteiger partial charge < -0.3 is 19.5 Å². The number of rotatable bonds is 9. The predicted octanol–water partition coefficient (Wildman–Crippen LogP) is 4.89. The van der Waals surface area contributed by atoms with Crippen molar-refractivity contribution in [1.82, 2.24) is 0 Å². The van der Waals surface area contributed by atoms with E-state index in [2.05, 4.69) is 33.0 Å². The lowest BCUT2D eigenvalue weighted by Gasteiger charge is -2.20. The summed E-state index contributed by atoms with van der Waals surface area (Å²) in [4.78, 5) is 24.7. The molecule has 0 aliphatic carbocycles. The van der Waals surface area contributed by atoms with Crippen molar-refractivity contribution in [3.05, 3.63) is 53.6 Å². The molecule has 30 heavy (non-hydrogen) atoms. The van der Waals surface area contributed by atoms with Crippen molar-refractivity contribution in [1.29, 1.82) is 0 Å². The van der Waals surface area contributed by atoms with E-state index < -0.39 is 12.1 Å². The van der Waals surface area contributed by atoms with Crippen LogP contribution in [0.4, 0.5) is 5.69 Å². The molecule has 0 saturated heterocycles. The summed E-state index contributed by atoms with van der Waals surface area (Å²) in [5, 5.41) is 2.93. The van der Waals surface area contributed by atoms with Crippen molar-refractivity contribution in [2.24, 2.45) is 0 Å². The number of hydrogen-bond donors (Lipinski definition) is 1. The highest BCUT2D eigenvalue weighted by Crippen LogP contribution is 2.32. The molecule has 0 aliphatic rings. The minimum absolute atomic E-state index is 0.250. The predicted molar refractivity (Wildman–Crippen MR) is 117 cm³/mol. The van der Waals surface area contributed by atoms with E-state index in [4.69, 9.17) is 14.2 Å². The average molecular weight is 414 g/mol. The number of carbonyl (C=O) groups excluding carboxylic acids is 2. The second-order valence-electron chi connectivity index (χ2n) is 7.71. The first kappa shape index (κ1) is 23.3. The number of anilines is 1. The van der Waals surface area contributed by atoms with E-state index in [1.54, 1.807) is 38.3 Å². The molecule has 6 nitrogen and oxygen atoms in total. The van der Waals surface area contributed by atoms with E-state index >= 15 is 0 Å². The molecule has 0 heterocycles. The van der Waals surface area contributed by atoms with Gasteiger partial charge in [0.2, 0.25) is 0 Å². The molecule has 0 bridgehead atoms. The van der Waals surface area contributed by atoms with Crippen molar-refractivity contribution in [2.75, 3.05) is 19.0 Å². The highest BCUT2D eigenvalue weighted by Gasteiger charge is 2.20. The quantitative estimate of drug-likeness (QED) is 0.593. The Labute approximate surface area is 178 Å². The molecule has 2 aromatic rings. The maximum absolute atomic E-state index is 12.5. The van der Waals surface area contributed by atoms with Gasteiger partial charge in [0.05, 0.1) is 7.11 Å². The van der Waals surface area contributed by atoms with E-state index in [0.29, 0.717) is 11.5 Å². The Morgan fingerprint density at radius 1 is 0.867 bits per heavy atom. The molecular formula is C24H31NO5. The Balaban J connectivity index is 1.96. The topological polar surface area (TPSA) is 73.9 Å². The molecule has 0 aliphatic heterocycles. The van der Waals surface area contributed by atoms with Gasteiger partial charge in [0, 0.05) is 5.69 Å². The fourth-order valence-electron chi connectivity index (χ4n) is 3.03. The van der Waals surface area contributed by atoms with Gasteiger partial charge in [-0.25, -0.2) is 4.79 Å². The Kier molecular flexibility index (Phi) is 8.27. The summed E-state index contributed by atoms with van der Waals surface area (Å²) in [6.45, 7) is 9.51. The third-order valence-electron chi connectivity index (χ3n) is 4.69. The van der Waals surface area contributed by atoms with Gasteiger partial charge in [-0.3, -0.25) is 4.79 Å². The molecule has 0 fully saturated rings. The lowest BCUT2D eigenvalue weighted by Crippen LogP contribution is -2.30. The number of hydrogen-bond acceptors (Lipinski definition) is 5. The maximum Gasteiger partial charge on any atom is 0.347 e. The lowest BCUT2D eigenvalue weighted by molar-refractivity contribution is -0.153. The molecule has 2 aromatic carbocycles. The molecule has 162 valence electrons. The fourth-order valence-corrected chi connectivity index (χ4v) is 3.03. The van der Waals surface area contributed by atoms with Crippen LogP contribution in [-0.2, 0) is 14.3 Å². The first-order valence-corrected chi connectivity index (χ1v) is 10.1. The van der Waals surface area contributed by atoms with Crippen LogP contribution in [0.3, 0.4) is 0 Å². The third kappa shape index (κ3) is 6.24. The number of methoxy groups -OCH3 is 1. The second kappa shape index (κ2) is 10.7. The third-order valence-corrected chi connectivity index (χ3v) is 4.69. The van der Waals surface area contributed by atoms with Gasteiger partial charge in [-0.05, 0) is 54.2 Å². The SMILES string of the molecule is COc1ccc(OC(C)C(=O)OCC(=O)Nc2c(C(C)C)cccc2C(C)C)cc1. The number of para-hydroxylation sites is 1. The van der Waals surface area contributed by atoms with Gasteiger partial charge in [-0.15, -0.1) is 0 Å². The van der Waals surface area contributed by atoms with E-state index in [0.717, 1.165) is 16.8 Å². The zero-order chi connectivity index (χ0) is 22.3. The molecule has 0 radical (unpaired) electrons. The zero-order valence-corrected chi connectivity index (χ0v) is 18.5. The summed E-state index contributed by atoms with van der Waals surface area (Å²) in [6, 6.07) is 12.9. The largest absolute Gasteiger partial charge is 0.497 e. The van der Waals surface area contributed by atoms with Gasteiger partial charge >= 0.3 is 5.97 Å². The first-order chi connectivity index (χ1) is 14.2. The summed E-state index contributed by atoms with van der Waals surface area (Å²) in [5.41, 5.74) is 2.90. The molecule has 1 unspecified atom stereocenters. The minimum Gasteiger partial charge on any atom is -0.497 e. The van der Waals surface area contributed by atoms with Crippen molar-refractivity contribution in [3.8, 4) is 11.5 Å². The summed E-state index contributed by atoms with van der Waals surface area (Å²) in [5.74, 6) is 0.713. The molecule has 0 saturated carbocycles. The molecule has 6 heteroatoms. The van der Waals surface area contributed by atoms with Crippen LogP contribution in [0.1, 0.15) is 57.6 Å². The number of amides is 1. The number of carbonyl (C=O) groups is 2. The van der Waals surface area contributed by atoms with Crippen LogP contribution in [0.2, 0.25) is 0 Å². The van der Waals surface area contributed by atoms with Crippen molar-refractivity contribution in [3.63, 3.8) is 0 Å². The van der Waals surface area contributed by atoms with Gasteiger partial charge in [-0.2, -0.15) is 0 Å². The van der Waals surface area contributed by atoms with E-state index in [1.807, 2.05) is 18.2 Å². The van der Waals surface area contributed by atoms with E-state index in [1.165, 1.54) is 0 Å². The standard InChI is InChI=1S/C24H31NO5/c1-15(2)20-8-7-9-21(16(3)4)23(20)25-22(26)14-29-24(27)17(5)30-19-12-10-18(28-6)11-13-19/h7-13,15-17H,14H2,1-6H3,(H,25,26).